The van der Waals surface area contributed by atoms with Crippen molar-refractivity contribution >= 4 is 5.91 Å². The lowest BCUT2D eigenvalue weighted by Crippen LogP contribution is -2.57. The van der Waals surface area contributed by atoms with Crippen molar-refractivity contribution in [1.82, 2.24) is 24.5 Å². The minimum Gasteiger partial charge on any atom is -0.375 e. The van der Waals surface area contributed by atoms with Gasteiger partial charge in [0.2, 0.25) is 0 Å². The van der Waals surface area contributed by atoms with Crippen molar-refractivity contribution in [3.05, 3.63) is 18.0 Å². The minimum atomic E-state index is -0.0441. The molecule has 0 aliphatic carbocycles. The molecule has 168 valence electrons. The molecule has 4 heterocycles. The number of piperazine rings is 1. The maximum atomic E-state index is 12.8. The van der Waals surface area contributed by atoms with Gasteiger partial charge < -0.3 is 14.5 Å². The summed E-state index contributed by atoms with van der Waals surface area (Å²) < 4.78 is 8.18. The number of nitrogens with zero attached hydrogens (tertiary/aromatic N) is 5. The molecule has 0 bridgehead atoms. The number of likely N-dealkylation sites (tertiary alicyclic amines) is 1. The molecule has 3 saturated heterocycles. The maximum Gasteiger partial charge on any atom is 0.274 e. The highest BCUT2D eigenvalue weighted by Gasteiger charge is 2.43. The Morgan fingerprint density at radius 2 is 1.93 bits per heavy atom. The lowest BCUT2D eigenvalue weighted by molar-refractivity contribution is -0.132. The normalized spacial score (nSPS) is 25.9. The van der Waals surface area contributed by atoms with Crippen LogP contribution in [0, 0.1) is 5.92 Å². The molecule has 30 heavy (non-hydrogen) atoms. The number of aromatic nitrogens is 2. The van der Waals surface area contributed by atoms with Gasteiger partial charge in [-0.05, 0) is 44.6 Å². The summed E-state index contributed by atoms with van der Waals surface area (Å²) in [6.45, 7) is 15.8. The van der Waals surface area contributed by atoms with Crippen molar-refractivity contribution in [2.45, 2.75) is 64.6 Å². The Kier molecular flexibility index (Phi) is 6.80. The zero-order valence-corrected chi connectivity index (χ0v) is 19.1. The van der Waals surface area contributed by atoms with Crippen LogP contribution in [0.3, 0.4) is 0 Å². The van der Waals surface area contributed by atoms with E-state index >= 15 is 0 Å². The van der Waals surface area contributed by atoms with Crippen LogP contribution in [0.4, 0.5) is 0 Å². The molecule has 0 unspecified atom stereocenters. The van der Waals surface area contributed by atoms with Crippen LogP contribution in [0.1, 0.15) is 56.9 Å². The molecule has 0 saturated carbocycles. The summed E-state index contributed by atoms with van der Waals surface area (Å²) in [6, 6.07) is 2.46. The van der Waals surface area contributed by atoms with Gasteiger partial charge in [-0.1, -0.05) is 13.8 Å². The Bertz CT molecular complexity index is 702. The van der Waals surface area contributed by atoms with Gasteiger partial charge in [-0.25, -0.2) is 0 Å². The summed E-state index contributed by atoms with van der Waals surface area (Å²) in [5, 5.41) is 4.39. The molecule has 0 radical (unpaired) electrons. The molecule has 1 atom stereocenters. The number of aryl methyl sites for hydroxylation is 1. The number of carbonyl (C=O) groups excluding carboxylic acids is 1. The summed E-state index contributed by atoms with van der Waals surface area (Å²) in [5.74, 6) is 0.803. The van der Waals surface area contributed by atoms with E-state index in [4.69, 9.17) is 4.74 Å². The van der Waals surface area contributed by atoms with E-state index in [1.807, 2.05) is 28.8 Å². The van der Waals surface area contributed by atoms with Gasteiger partial charge in [-0.15, -0.1) is 0 Å². The second kappa shape index (κ2) is 9.37. The first kappa shape index (κ1) is 21.8. The summed E-state index contributed by atoms with van der Waals surface area (Å²) in [7, 11) is 0. The molecular formula is C23H39N5O2. The van der Waals surface area contributed by atoms with Crippen LogP contribution in [0.2, 0.25) is 0 Å². The molecule has 1 spiro atoms. The van der Waals surface area contributed by atoms with E-state index in [0.717, 1.165) is 57.8 Å². The van der Waals surface area contributed by atoms with Gasteiger partial charge in [0.15, 0.2) is 0 Å². The van der Waals surface area contributed by atoms with E-state index in [2.05, 4.69) is 28.7 Å². The average Bonchev–Trinajstić information content (AvgIpc) is 3.23. The molecule has 1 amide bonds. The monoisotopic (exact) mass is 417 g/mol. The third-order valence-corrected chi connectivity index (χ3v) is 7.16. The summed E-state index contributed by atoms with van der Waals surface area (Å²) in [4.78, 5) is 20.1. The standard InChI is InChI=1S/C23H39N5O2/c1-4-28-9-5-21(24-28)22(29)27-10-7-23(8-11-27)17-20(6-16-30-23)26-14-12-25(13-15-26)18-19(2)3/h5,9,19-20H,4,6-8,10-18H2,1-3H3/t20-/m0/s1. The Balaban J connectivity index is 1.29. The van der Waals surface area contributed by atoms with Gasteiger partial charge >= 0.3 is 0 Å². The lowest BCUT2D eigenvalue weighted by atomic mass is 9.81. The van der Waals surface area contributed by atoms with Crippen molar-refractivity contribution in [3.8, 4) is 0 Å². The third-order valence-electron chi connectivity index (χ3n) is 7.16. The fraction of sp³-hybridized carbons (Fsp3) is 0.826. The van der Waals surface area contributed by atoms with Gasteiger partial charge in [-0.3, -0.25) is 14.4 Å². The fourth-order valence-corrected chi connectivity index (χ4v) is 5.42. The molecule has 3 aliphatic heterocycles. The number of amides is 1. The smallest absolute Gasteiger partial charge is 0.274 e. The third kappa shape index (κ3) is 4.89. The first-order chi connectivity index (χ1) is 14.5. The molecule has 7 heteroatoms. The molecule has 3 aliphatic rings. The number of ether oxygens (including phenoxy) is 1. The largest absolute Gasteiger partial charge is 0.375 e. The van der Waals surface area contributed by atoms with Crippen LogP contribution in [0.25, 0.3) is 0 Å². The molecule has 1 aromatic rings. The van der Waals surface area contributed by atoms with Crippen LogP contribution in [0.15, 0.2) is 12.3 Å². The van der Waals surface area contributed by atoms with E-state index in [1.165, 1.54) is 32.7 Å². The Morgan fingerprint density at radius 3 is 2.57 bits per heavy atom. The van der Waals surface area contributed by atoms with Crippen molar-refractivity contribution in [2.75, 3.05) is 52.4 Å². The van der Waals surface area contributed by atoms with Crippen LogP contribution >= 0.6 is 0 Å². The first-order valence-corrected chi connectivity index (χ1v) is 11.9. The van der Waals surface area contributed by atoms with Crippen LogP contribution in [-0.2, 0) is 11.3 Å². The van der Waals surface area contributed by atoms with Crippen LogP contribution in [-0.4, -0.2) is 94.5 Å². The number of carbonyl (C=O) groups is 1. The van der Waals surface area contributed by atoms with Gasteiger partial charge in [0.25, 0.3) is 5.91 Å². The van der Waals surface area contributed by atoms with Gasteiger partial charge in [0.05, 0.1) is 5.60 Å². The van der Waals surface area contributed by atoms with Crippen LogP contribution in [0.5, 0.6) is 0 Å². The molecule has 3 fully saturated rings. The predicted octanol–water partition coefficient (Wildman–Crippen LogP) is 2.33. The summed E-state index contributed by atoms with van der Waals surface area (Å²) >= 11 is 0. The van der Waals surface area contributed by atoms with E-state index in [0.29, 0.717) is 11.7 Å². The van der Waals surface area contributed by atoms with Gasteiger partial charge in [0.1, 0.15) is 5.69 Å². The molecule has 4 rings (SSSR count). The highest BCUT2D eigenvalue weighted by atomic mass is 16.5. The zero-order chi connectivity index (χ0) is 21.1. The Hall–Kier alpha value is -1.44. The van der Waals surface area contributed by atoms with Crippen molar-refractivity contribution in [3.63, 3.8) is 0 Å². The van der Waals surface area contributed by atoms with Crippen molar-refractivity contribution in [2.24, 2.45) is 5.92 Å². The van der Waals surface area contributed by atoms with Crippen LogP contribution < -0.4 is 0 Å². The first-order valence-electron chi connectivity index (χ1n) is 11.9. The average molecular weight is 418 g/mol. The maximum absolute atomic E-state index is 12.8. The summed E-state index contributed by atoms with van der Waals surface area (Å²) in [5.41, 5.74) is 0.520. The zero-order valence-electron chi connectivity index (χ0n) is 19.1. The van der Waals surface area contributed by atoms with Gasteiger partial charge in [-0.2, -0.15) is 5.10 Å². The Labute approximate surface area is 181 Å². The molecule has 0 aromatic carbocycles. The topological polar surface area (TPSA) is 53.8 Å². The summed E-state index contributed by atoms with van der Waals surface area (Å²) in [6.07, 6.45) is 6.02. The van der Waals surface area contributed by atoms with E-state index in [9.17, 15) is 4.79 Å². The second-order valence-electron chi connectivity index (χ2n) is 9.76. The number of hydrogen-bond donors (Lipinski definition) is 0. The van der Waals surface area contributed by atoms with E-state index in [-0.39, 0.29) is 11.5 Å². The molecule has 7 nitrogen and oxygen atoms in total. The highest BCUT2D eigenvalue weighted by molar-refractivity contribution is 5.92. The minimum absolute atomic E-state index is 0.0441. The Morgan fingerprint density at radius 1 is 1.20 bits per heavy atom. The number of hydrogen-bond acceptors (Lipinski definition) is 5. The second-order valence-corrected chi connectivity index (χ2v) is 9.76. The molecule has 1 aromatic heterocycles. The molecule has 0 N–H and O–H groups in total. The quantitative estimate of drug-likeness (QED) is 0.736. The van der Waals surface area contributed by atoms with E-state index < -0.39 is 0 Å². The highest BCUT2D eigenvalue weighted by Crippen LogP contribution is 2.37. The molecular weight excluding hydrogens is 378 g/mol. The number of piperidine rings is 1. The van der Waals surface area contributed by atoms with Crippen molar-refractivity contribution < 1.29 is 9.53 Å². The SMILES string of the molecule is CCn1ccc(C(=O)N2CCC3(CC2)C[C@@H](N2CCN(CC(C)C)CC2)CCO3)n1. The lowest BCUT2D eigenvalue weighted by Gasteiger charge is -2.49. The predicted molar refractivity (Wildman–Crippen MR) is 118 cm³/mol. The van der Waals surface area contributed by atoms with Crippen molar-refractivity contribution in [1.29, 1.82) is 0 Å². The fourth-order valence-electron chi connectivity index (χ4n) is 5.42. The van der Waals surface area contributed by atoms with Gasteiger partial charge in [0, 0.05) is 71.2 Å². The van der Waals surface area contributed by atoms with E-state index in [1.54, 1.807) is 0 Å². The number of rotatable bonds is 5.